The molecule has 6 heteroatoms. The van der Waals surface area contributed by atoms with Gasteiger partial charge < -0.3 is 5.11 Å². The Labute approximate surface area is 159 Å². The molecule has 0 aliphatic carbocycles. The van der Waals surface area contributed by atoms with Gasteiger partial charge in [-0.2, -0.15) is 0 Å². The van der Waals surface area contributed by atoms with Crippen molar-refractivity contribution < 1.29 is 9.90 Å². The number of nitrogens with zero attached hydrogens (tertiary/aromatic N) is 2. The largest absolute Gasteiger partial charge is 0.478 e. The molecule has 0 spiro atoms. The second-order valence-electron chi connectivity index (χ2n) is 6.18. The number of fused-ring (bicyclic) bond motifs is 1. The minimum atomic E-state index is -0.998. The molecule has 27 heavy (non-hydrogen) atoms. The van der Waals surface area contributed by atoms with E-state index in [0.29, 0.717) is 10.5 Å². The number of halogens is 1. The number of carboxylic acid groups (broad SMARTS) is 1. The van der Waals surface area contributed by atoms with Crippen LogP contribution in [0.25, 0.3) is 16.7 Å². The lowest BCUT2D eigenvalue weighted by atomic mass is 10.1. The fourth-order valence-corrected chi connectivity index (χ4v) is 3.36. The number of hydrogen-bond donors (Lipinski definition) is 1. The van der Waals surface area contributed by atoms with Crippen LogP contribution < -0.4 is 5.69 Å². The van der Waals surface area contributed by atoms with E-state index in [2.05, 4.69) is 0 Å². The highest BCUT2D eigenvalue weighted by atomic mass is 35.5. The Morgan fingerprint density at radius 2 is 1.70 bits per heavy atom. The van der Waals surface area contributed by atoms with Gasteiger partial charge in [-0.3, -0.25) is 9.13 Å². The van der Waals surface area contributed by atoms with E-state index in [-0.39, 0.29) is 17.8 Å². The van der Waals surface area contributed by atoms with E-state index >= 15 is 0 Å². The van der Waals surface area contributed by atoms with Crippen molar-refractivity contribution in [2.75, 3.05) is 0 Å². The van der Waals surface area contributed by atoms with Crippen molar-refractivity contribution in [3.8, 4) is 5.69 Å². The molecule has 1 N–H and O–H groups in total. The van der Waals surface area contributed by atoms with E-state index in [1.807, 2.05) is 30.3 Å². The van der Waals surface area contributed by atoms with Crippen LogP contribution in [-0.4, -0.2) is 20.2 Å². The number of aromatic carboxylic acids is 1. The first-order valence-electron chi connectivity index (χ1n) is 8.33. The summed E-state index contributed by atoms with van der Waals surface area (Å²) in [6.45, 7) is 0.262. The first-order valence-corrected chi connectivity index (χ1v) is 8.71. The maximum absolute atomic E-state index is 13.2. The third-order valence-corrected chi connectivity index (χ3v) is 4.66. The molecule has 0 radical (unpaired) electrons. The average Bonchev–Trinajstić information content (AvgIpc) is 2.93. The average molecular weight is 379 g/mol. The molecule has 0 amide bonds. The molecule has 0 atom stereocenters. The van der Waals surface area contributed by atoms with Crippen LogP contribution in [0.15, 0.2) is 77.6 Å². The van der Waals surface area contributed by atoms with E-state index in [4.69, 9.17) is 11.6 Å². The Bertz CT molecular complexity index is 1210. The SMILES string of the molecule is O=C(O)c1cccc(Cn2c(=O)n(-c3ccccc3)c3cc(Cl)ccc32)c1. The highest BCUT2D eigenvalue weighted by Crippen LogP contribution is 2.22. The fourth-order valence-electron chi connectivity index (χ4n) is 3.20. The van der Waals surface area contributed by atoms with E-state index in [1.165, 1.54) is 6.07 Å². The van der Waals surface area contributed by atoms with Crippen LogP contribution in [0, 0.1) is 0 Å². The van der Waals surface area contributed by atoms with Gasteiger partial charge in [-0.25, -0.2) is 9.59 Å². The molecule has 5 nitrogen and oxygen atoms in total. The van der Waals surface area contributed by atoms with Crippen molar-refractivity contribution in [1.82, 2.24) is 9.13 Å². The number of rotatable bonds is 4. The number of benzene rings is 3. The molecule has 0 fully saturated rings. The summed E-state index contributed by atoms with van der Waals surface area (Å²) >= 11 is 6.17. The first-order chi connectivity index (χ1) is 13.0. The minimum absolute atomic E-state index is 0.190. The Morgan fingerprint density at radius 1 is 0.926 bits per heavy atom. The second-order valence-corrected chi connectivity index (χ2v) is 6.61. The third kappa shape index (κ3) is 3.13. The van der Waals surface area contributed by atoms with E-state index in [9.17, 15) is 14.7 Å². The summed E-state index contributed by atoms with van der Waals surface area (Å²) in [5.41, 5.74) is 2.89. The van der Waals surface area contributed by atoms with E-state index < -0.39 is 5.97 Å². The van der Waals surface area contributed by atoms with Gasteiger partial charge in [0.15, 0.2) is 0 Å². The third-order valence-electron chi connectivity index (χ3n) is 4.42. The maximum Gasteiger partial charge on any atom is 0.335 e. The predicted molar refractivity (Wildman–Crippen MR) is 105 cm³/mol. The minimum Gasteiger partial charge on any atom is -0.478 e. The molecule has 0 bridgehead atoms. The fraction of sp³-hybridized carbons (Fsp3) is 0.0476. The molecule has 4 rings (SSSR count). The molecule has 0 aliphatic heterocycles. The van der Waals surface area contributed by atoms with Crippen LogP contribution in [0.3, 0.4) is 0 Å². The summed E-state index contributed by atoms with van der Waals surface area (Å²) in [5, 5.41) is 9.74. The van der Waals surface area contributed by atoms with Crippen LogP contribution in [0.4, 0.5) is 0 Å². The summed E-state index contributed by atoms with van der Waals surface area (Å²) in [7, 11) is 0. The monoisotopic (exact) mass is 378 g/mol. The van der Waals surface area contributed by atoms with Crippen molar-refractivity contribution in [3.05, 3.63) is 99.4 Å². The van der Waals surface area contributed by atoms with Crippen molar-refractivity contribution in [1.29, 1.82) is 0 Å². The molecule has 1 aromatic heterocycles. The summed E-state index contributed by atoms with van der Waals surface area (Å²) in [6.07, 6.45) is 0. The zero-order chi connectivity index (χ0) is 19.0. The second kappa shape index (κ2) is 6.78. The molecule has 3 aromatic carbocycles. The Balaban J connectivity index is 1.92. The maximum atomic E-state index is 13.2. The number of hydrogen-bond acceptors (Lipinski definition) is 2. The number of para-hydroxylation sites is 1. The Hall–Kier alpha value is -3.31. The quantitative estimate of drug-likeness (QED) is 0.579. The molecule has 0 saturated carbocycles. The van der Waals surface area contributed by atoms with Crippen molar-refractivity contribution in [3.63, 3.8) is 0 Å². The topological polar surface area (TPSA) is 64.2 Å². The smallest absolute Gasteiger partial charge is 0.335 e. The van der Waals surface area contributed by atoms with Crippen LogP contribution in [0.5, 0.6) is 0 Å². The lowest BCUT2D eigenvalue weighted by molar-refractivity contribution is 0.0696. The van der Waals surface area contributed by atoms with Gasteiger partial charge in [0.1, 0.15) is 0 Å². The molecule has 4 aromatic rings. The van der Waals surface area contributed by atoms with Crippen LogP contribution in [0.2, 0.25) is 5.02 Å². The van der Waals surface area contributed by atoms with Crippen molar-refractivity contribution >= 4 is 28.6 Å². The standard InChI is InChI=1S/C21H15ClN2O3/c22-16-9-10-18-19(12-16)24(17-7-2-1-3-8-17)21(27)23(18)13-14-5-4-6-15(11-14)20(25)26/h1-12H,13H2,(H,25,26). The normalized spacial score (nSPS) is 11.0. The van der Waals surface area contributed by atoms with Gasteiger partial charge in [-0.1, -0.05) is 41.9 Å². The molecular weight excluding hydrogens is 364 g/mol. The van der Waals surface area contributed by atoms with E-state index in [1.54, 1.807) is 45.5 Å². The molecule has 134 valence electrons. The number of imidazole rings is 1. The molecule has 1 heterocycles. The Morgan fingerprint density at radius 3 is 2.44 bits per heavy atom. The zero-order valence-electron chi connectivity index (χ0n) is 14.2. The summed E-state index contributed by atoms with van der Waals surface area (Å²) in [6, 6.07) is 21.2. The summed E-state index contributed by atoms with van der Waals surface area (Å²) < 4.78 is 3.24. The summed E-state index contributed by atoms with van der Waals surface area (Å²) in [5.74, 6) is -0.998. The number of carboxylic acids is 1. The Kier molecular flexibility index (Phi) is 4.30. The lowest BCUT2D eigenvalue weighted by Gasteiger charge is -2.05. The van der Waals surface area contributed by atoms with Crippen LogP contribution >= 0.6 is 11.6 Å². The number of aromatic nitrogens is 2. The van der Waals surface area contributed by atoms with Gasteiger partial charge in [0, 0.05) is 5.02 Å². The van der Waals surface area contributed by atoms with Gasteiger partial charge in [0.2, 0.25) is 0 Å². The predicted octanol–water partition coefficient (Wildman–Crippen LogP) is 4.19. The van der Waals surface area contributed by atoms with Crippen molar-refractivity contribution in [2.45, 2.75) is 6.54 Å². The molecule has 0 saturated heterocycles. The zero-order valence-corrected chi connectivity index (χ0v) is 14.9. The van der Waals surface area contributed by atoms with Gasteiger partial charge >= 0.3 is 11.7 Å². The number of carbonyl (C=O) groups is 1. The molecule has 0 unspecified atom stereocenters. The molecule has 0 aliphatic rings. The lowest BCUT2D eigenvalue weighted by Crippen LogP contribution is -2.23. The van der Waals surface area contributed by atoms with Crippen molar-refractivity contribution in [2.24, 2.45) is 0 Å². The van der Waals surface area contributed by atoms with Crippen LogP contribution in [0.1, 0.15) is 15.9 Å². The molecular formula is C21H15ClN2O3. The van der Waals surface area contributed by atoms with Gasteiger partial charge in [-0.05, 0) is 48.0 Å². The van der Waals surface area contributed by atoms with Crippen LogP contribution in [-0.2, 0) is 6.54 Å². The summed E-state index contributed by atoms with van der Waals surface area (Å²) in [4.78, 5) is 24.4. The first kappa shape index (κ1) is 17.1. The van der Waals surface area contributed by atoms with Gasteiger partial charge in [-0.15, -0.1) is 0 Å². The highest BCUT2D eigenvalue weighted by Gasteiger charge is 2.15. The van der Waals surface area contributed by atoms with Gasteiger partial charge in [0.25, 0.3) is 0 Å². The van der Waals surface area contributed by atoms with Gasteiger partial charge in [0.05, 0.1) is 28.8 Å². The highest BCUT2D eigenvalue weighted by molar-refractivity contribution is 6.31. The van der Waals surface area contributed by atoms with E-state index in [0.717, 1.165) is 16.8 Å².